The van der Waals surface area contributed by atoms with Crippen LogP contribution in [0.5, 0.6) is 23.0 Å². The zero-order chi connectivity index (χ0) is 19.6. The highest BCUT2D eigenvalue weighted by molar-refractivity contribution is 5.94. The molecule has 0 unspecified atom stereocenters. The number of amides is 1. The Bertz CT molecular complexity index is 765. The van der Waals surface area contributed by atoms with Gasteiger partial charge >= 0.3 is 0 Å². The number of carbonyl (C=O) groups excluding carboxylic acids is 1. The molecule has 0 heterocycles. The van der Waals surface area contributed by atoms with Crippen LogP contribution in [-0.2, 0) is 6.54 Å². The maximum Gasteiger partial charge on any atom is 0.251 e. The van der Waals surface area contributed by atoms with Crippen LogP contribution in [-0.4, -0.2) is 33.2 Å². The lowest BCUT2D eigenvalue weighted by molar-refractivity contribution is 0.0952. The summed E-state index contributed by atoms with van der Waals surface area (Å²) >= 11 is 0. The molecule has 0 atom stereocenters. The maximum atomic E-state index is 12.4. The third-order valence-electron chi connectivity index (χ3n) is 4.08. The lowest BCUT2D eigenvalue weighted by Crippen LogP contribution is -2.24. The summed E-state index contributed by atoms with van der Waals surface area (Å²) in [5, 5.41) is 2.87. The van der Waals surface area contributed by atoms with Crippen molar-refractivity contribution in [2.24, 2.45) is 11.5 Å². The summed E-state index contributed by atoms with van der Waals surface area (Å²) in [7, 11) is 3.12. The molecular formula is C20H27N3O4. The van der Waals surface area contributed by atoms with Crippen molar-refractivity contribution in [1.82, 2.24) is 5.32 Å². The number of hydrogen-bond donors (Lipinski definition) is 3. The molecule has 146 valence electrons. The van der Waals surface area contributed by atoms with Crippen LogP contribution < -0.4 is 31.0 Å². The van der Waals surface area contributed by atoms with E-state index in [-0.39, 0.29) is 12.5 Å². The normalized spacial score (nSPS) is 10.4. The van der Waals surface area contributed by atoms with Gasteiger partial charge in [0.1, 0.15) is 11.5 Å². The summed E-state index contributed by atoms with van der Waals surface area (Å²) in [6, 6.07) is 10.5. The van der Waals surface area contributed by atoms with E-state index in [9.17, 15) is 4.79 Å². The highest BCUT2D eigenvalue weighted by Gasteiger charge is 2.15. The Morgan fingerprint density at radius 2 is 1.70 bits per heavy atom. The highest BCUT2D eigenvalue weighted by Crippen LogP contribution is 2.36. The van der Waals surface area contributed by atoms with Gasteiger partial charge in [-0.25, -0.2) is 0 Å². The third-order valence-corrected chi connectivity index (χ3v) is 4.08. The van der Waals surface area contributed by atoms with Gasteiger partial charge in [-0.05, 0) is 49.7 Å². The Balaban J connectivity index is 2.25. The number of ether oxygens (including phenoxy) is 3. The van der Waals surface area contributed by atoms with E-state index in [1.165, 1.54) is 0 Å². The molecule has 2 aromatic rings. The van der Waals surface area contributed by atoms with E-state index in [0.717, 1.165) is 18.4 Å². The van der Waals surface area contributed by atoms with Gasteiger partial charge < -0.3 is 31.0 Å². The lowest BCUT2D eigenvalue weighted by Gasteiger charge is -2.16. The van der Waals surface area contributed by atoms with Crippen molar-refractivity contribution < 1.29 is 19.0 Å². The van der Waals surface area contributed by atoms with E-state index in [1.54, 1.807) is 38.5 Å². The van der Waals surface area contributed by atoms with Gasteiger partial charge in [-0.15, -0.1) is 0 Å². The van der Waals surface area contributed by atoms with Gasteiger partial charge in [-0.2, -0.15) is 0 Å². The van der Waals surface area contributed by atoms with Crippen molar-refractivity contribution in [2.45, 2.75) is 19.4 Å². The van der Waals surface area contributed by atoms with Crippen LogP contribution in [0.15, 0.2) is 36.4 Å². The van der Waals surface area contributed by atoms with E-state index in [1.807, 2.05) is 12.1 Å². The molecule has 2 aromatic carbocycles. The standard InChI is InChI=1S/C20H27N3O4/c1-25-16-6-5-7-17(15(16)13-22)27-19-12-14(8-9-18(19)26-2)20(24)23-11-4-3-10-21/h5-9,12H,3-4,10-11,13,21-22H2,1-2H3,(H,23,24). The Hall–Kier alpha value is -2.77. The average Bonchev–Trinajstić information content (AvgIpc) is 2.70. The second-order valence-corrected chi connectivity index (χ2v) is 5.86. The van der Waals surface area contributed by atoms with Crippen LogP contribution in [0.3, 0.4) is 0 Å². The molecule has 0 aromatic heterocycles. The van der Waals surface area contributed by atoms with Gasteiger partial charge in [-0.3, -0.25) is 4.79 Å². The minimum absolute atomic E-state index is 0.177. The van der Waals surface area contributed by atoms with E-state index < -0.39 is 0 Å². The maximum absolute atomic E-state index is 12.4. The Morgan fingerprint density at radius 3 is 2.37 bits per heavy atom. The summed E-state index contributed by atoms with van der Waals surface area (Å²) in [4.78, 5) is 12.4. The SMILES string of the molecule is COc1ccc(C(=O)NCCCCN)cc1Oc1cccc(OC)c1CN. The predicted octanol–water partition coefficient (Wildman–Crippen LogP) is 2.42. The van der Waals surface area contributed by atoms with Crippen LogP contribution in [0.25, 0.3) is 0 Å². The fourth-order valence-electron chi connectivity index (χ4n) is 2.62. The Morgan fingerprint density at radius 1 is 0.963 bits per heavy atom. The molecule has 0 fully saturated rings. The molecule has 0 bridgehead atoms. The first-order valence-electron chi connectivity index (χ1n) is 8.84. The minimum Gasteiger partial charge on any atom is -0.496 e. The molecule has 27 heavy (non-hydrogen) atoms. The summed E-state index contributed by atoms with van der Waals surface area (Å²) in [6.45, 7) is 1.44. The first-order chi connectivity index (χ1) is 13.1. The van der Waals surface area contributed by atoms with Gasteiger partial charge in [0.25, 0.3) is 5.91 Å². The van der Waals surface area contributed by atoms with E-state index >= 15 is 0 Å². The number of methoxy groups -OCH3 is 2. The van der Waals surface area contributed by atoms with Gasteiger partial charge in [0.15, 0.2) is 11.5 Å². The van der Waals surface area contributed by atoms with Crippen molar-refractivity contribution in [2.75, 3.05) is 27.3 Å². The molecule has 0 saturated heterocycles. The van der Waals surface area contributed by atoms with Crippen molar-refractivity contribution >= 4 is 5.91 Å². The van der Waals surface area contributed by atoms with Crippen LogP contribution >= 0.6 is 0 Å². The molecule has 5 N–H and O–H groups in total. The highest BCUT2D eigenvalue weighted by atomic mass is 16.5. The third kappa shape index (κ3) is 5.35. The molecule has 0 aliphatic rings. The largest absolute Gasteiger partial charge is 0.496 e. The molecule has 1 amide bonds. The van der Waals surface area contributed by atoms with E-state index in [2.05, 4.69) is 5.32 Å². The number of carbonyl (C=O) groups is 1. The number of nitrogens with one attached hydrogen (secondary N) is 1. The first kappa shape index (κ1) is 20.5. The quantitative estimate of drug-likeness (QED) is 0.552. The first-order valence-corrected chi connectivity index (χ1v) is 8.84. The number of nitrogens with two attached hydrogens (primary N) is 2. The number of hydrogen-bond acceptors (Lipinski definition) is 6. The van der Waals surface area contributed by atoms with E-state index in [0.29, 0.717) is 41.7 Å². The monoisotopic (exact) mass is 373 g/mol. The number of rotatable bonds is 10. The van der Waals surface area contributed by atoms with Crippen LogP contribution in [0.2, 0.25) is 0 Å². The second kappa shape index (κ2) is 10.4. The molecule has 7 heteroatoms. The topological polar surface area (TPSA) is 109 Å². The summed E-state index contributed by atoms with van der Waals surface area (Å²) < 4.78 is 16.7. The molecular weight excluding hydrogens is 346 g/mol. The zero-order valence-corrected chi connectivity index (χ0v) is 15.8. The minimum atomic E-state index is -0.177. The van der Waals surface area contributed by atoms with Crippen LogP contribution in [0, 0.1) is 0 Å². The number of unbranched alkanes of at least 4 members (excludes halogenated alkanes) is 1. The summed E-state index contributed by atoms with van der Waals surface area (Å²) in [5.41, 5.74) is 12.5. The summed E-state index contributed by atoms with van der Waals surface area (Å²) in [6.07, 6.45) is 1.71. The van der Waals surface area contributed by atoms with Gasteiger partial charge in [-0.1, -0.05) is 6.07 Å². The Labute approximate surface area is 159 Å². The molecule has 0 spiro atoms. The van der Waals surface area contributed by atoms with Crippen molar-refractivity contribution in [3.63, 3.8) is 0 Å². The van der Waals surface area contributed by atoms with Crippen molar-refractivity contribution in [1.29, 1.82) is 0 Å². The fraction of sp³-hybridized carbons (Fsp3) is 0.350. The smallest absolute Gasteiger partial charge is 0.251 e. The molecule has 7 nitrogen and oxygen atoms in total. The van der Waals surface area contributed by atoms with Crippen LogP contribution in [0.4, 0.5) is 0 Å². The van der Waals surface area contributed by atoms with Crippen molar-refractivity contribution in [3.8, 4) is 23.0 Å². The molecule has 0 saturated carbocycles. The summed E-state index contributed by atoms with van der Waals surface area (Å²) in [5.74, 6) is 1.96. The number of benzene rings is 2. The molecule has 0 radical (unpaired) electrons. The van der Waals surface area contributed by atoms with Gasteiger partial charge in [0, 0.05) is 18.7 Å². The lowest BCUT2D eigenvalue weighted by atomic mass is 10.1. The Kier molecular flexibility index (Phi) is 7.91. The zero-order valence-electron chi connectivity index (χ0n) is 15.8. The second-order valence-electron chi connectivity index (χ2n) is 5.86. The molecule has 0 aliphatic heterocycles. The van der Waals surface area contributed by atoms with Gasteiger partial charge in [0.2, 0.25) is 0 Å². The van der Waals surface area contributed by atoms with Crippen LogP contribution in [0.1, 0.15) is 28.8 Å². The van der Waals surface area contributed by atoms with Gasteiger partial charge in [0.05, 0.1) is 19.8 Å². The predicted molar refractivity (Wildman–Crippen MR) is 105 cm³/mol. The molecule has 0 aliphatic carbocycles. The van der Waals surface area contributed by atoms with Crippen molar-refractivity contribution in [3.05, 3.63) is 47.5 Å². The molecule has 2 rings (SSSR count). The van der Waals surface area contributed by atoms with E-state index in [4.69, 9.17) is 25.7 Å². The fourth-order valence-corrected chi connectivity index (χ4v) is 2.62. The average molecular weight is 373 g/mol.